The molecule has 2 atom stereocenters. The third-order valence-corrected chi connectivity index (χ3v) is 9.89. The van der Waals surface area contributed by atoms with Crippen molar-refractivity contribution in [2.24, 2.45) is 17.3 Å². The summed E-state index contributed by atoms with van der Waals surface area (Å²) < 4.78 is 5.45. The minimum atomic E-state index is -0.582. The van der Waals surface area contributed by atoms with Gasteiger partial charge in [-0.3, -0.25) is 9.59 Å². The number of amides is 2. The summed E-state index contributed by atoms with van der Waals surface area (Å²) in [5.74, 6) is 1.01. The smallest absolute Gasteiger partial charge is 0.257 e. The van der Waals surface area contributed by atoms with Crippen molar-refractivity contribution in [1.29, 1.82) is 0 Å². The van der Waals surface area contributed by atoms with E-state index in [0.717, 1.165) is 48.1 Å². The molecule has 7 heteroatoms. The molecule has 2 heterocycles. The van der Waals surface area contributed by atoms with E-state index in [1.54, 1.807) is 0 Å². The Balaban J connectivity index is 1.28. The number of hydrogen-bond acceptors (Lipinski definition) is 5. The predicted molar refractivity (Wildman–Crippen MR) is 137 cm³/mol. The molecule has 2 unspecified atom stereocenters. The third-order valence-electron chi connectivity index (χ3n) is 8.63. The highest BCUT2D eigenvalue weighted by atomic mass is 32.1. The maximum Gasteiger partial charge on any atom is 0.257 e. The summed E-state index contributed by atoms with van der Waals surface area (Å²) in [6.07, 6.45) is 6.23. The molecule has 4 saturated carbocycles. The lowest BCUT2D eigenvalue weighted by atomic mass is 9.47. The Labute approximate surface area is 210 Å². The zero-order valence-corrected chi connectivity index (χ0v) is 21.2. The topological polar surface area (TPSA) is 78.9 Å². The fourth-order valence-electron chi connectivity index (χ4n) is 7.77. The van der Waals surface area contributed by atoms with E-state index in [1.165, 1.54) is 17.8 Å². The van der Waals surface area contributed by atoms with Gasteiger partial charge in [-0.1, -0.05) is 30.3 Å². The second-order valence-corrected chi connectivity index (χ2v) is 12.5. The molecular weight excluding hydrogens is 460 g/mol. The van der Waals surface area contributed by atoms with Crippen LogP contribution in [0.25, 0.3) is 10.4 Å². The lowest BCUT2D eigenvalue weighted by Crippen LogP contribution is -2.56. The monoisotopic (exact) mass is 494 g/mol. The van der Waals surface area contributed by atoms with Gasteiger partial charge in [-0.05, 0) is 73.8 Å². The van der Waals surface area contributed by atoms with Crippen LogP contribution in [0.15, 0.2) is 30.3 Å². The van der Waals surface area contributed by atoms with Crippen molar-refractivity contribution in [3.05, 3.63) is 41.5 Å². The van der Waals surface area contributed by atoms with E-state index < -0.39 is 5.60 Å². The van der Waals surface area contributed by atoms with E-state index in [1.807, 2.05) is 42.2 Å². The third kappa shape index (κ3) is 4.32. The van der Waals surface area contributed by atoms with Gasteiger partial charge in [0.2, 0.25) is 5.91 Å². The van der Waals surface area contributed by atoms with Crippen LogP contribution in [0.1, 0.15) is 60.9 Å². The average molecular weight is 495 g/mol. The minimum absolute atomic E-state index is 0.0348. The van der Waals surface area contributed by atoms with Gasteiger partial charge in [0.05, 0.1) is 24.4 Å². The highest BCUT2D eigenvalue weighted by Gasteiger charge is 2.57. The molecule has 1 aliphatic heterocycles. The Morgan fingerprint density at radius 2 is 1.80 bits per heavy atom. The van der Waals surface area contributed by atoms with Crippen LogP contribution in [0, 0.1) is 24.2 Å². The highest BCUT2D eigenvalue weighted by molar-refractivity contribution is 7.20. The Morgan fingerprint density at radius 1 is 1.11 bits per heavy atom. The number of hydrogen-bond donors (Lipinski definition) is 2. The summed E-state index contributed by atoms with van der Waals surface area (Å²) in [6, 6.07) is 10.1. The van der Waals surface area contributed by atoms with Gasteiger partial charge < -0.3 is 20.1 Å². The van der Waals surface area contributed by atoms with E-state index in [2.05, 4.69) is 5.32 Å². The number of rotatable bonds is 5. The molecule has 5 aliphatic rings. The van der Waals surface area contributed by atoms with Gasteiger partial charge >= 0.3 is 0 Å². The van der Waals surface area contributed by atoms with Gasteiger partial charge in [0.25, 0.3) is 5.91 Å². The van der Waals surface area contributed by atoms with Gasteiger partial charge in [0.1, 0.15) is 5.00 Å². The first kappa shape index (κ1) is 23.2. The van der Waals surface area contributed by atoms with Crippen molar-refractivity contribution in [3.8, 4) is 10.4 Å². The summed E-state index contributed by atoms with van der Waals surface area (Å²) in [5, 5.41) is 14.9. The van der Waals surface area contributed by atoms with E-state index in [-0.39, 0.29) is 17.2 Å². The number of carbonyl (C=O) groups excluding carboxylic acids is 2. The van der Waals surface area contributed by atoms with Crippen molar-refractivity contribution in [3.63, 3.8) is 0 Å². The van der Waals surface area contributed by atoms with Crippen LogP contribution in [0.3, 0.4) is 0 Å². The molecule has 5 fully saturated rings. The quantitative estimate of drug-likeness (QED) is 0.623. The standard InChI is InChI=1S/C28H34N2O4S/c1-18-23(26(32)30-7-9-34-10-8-30)25(35-24(18)21-5-3-2-4-6-21)29-22(31)16-27-12-19-11-20(13-27)15-28(33,14-19)17-27/h2-6,19-20,33H,7-17H2,1H3,(H,29,31). The zero-order valence-electron chi connectivity index (χ0n) is 20.3. The first-order chi connectivity index (χ1) is 16.8. The van der Waals surface area contributed by atoms with Gasteiger partial charge in [0, 0.05) is 24.4 Å². The minimum Gasteiger partial charge on any atom is -0.390 e. The number of nitrogens with zero attached hydrogens (tertiary/aromatic N) is 1. The number of ether oxygens (including phenoxy) is 1. The van der Waals surface area contributed by atoms with Crippen LogP contribution in [-0.4, -0.2) is 53.7 Å². The molecular formula is C28H34N2O4S. The summed E-state index contributed by atoms with van der Waals surface area (Å²) >= 11 is 1.49. The summed E-state index contributed by atoms with van der Waals surface area (Å²) in [6.45, 7) is 4.18. The van der Waals surface area contributed by atoms with Gasteiger partial charge in [-0.25, -0.2) is 0 Å². The van der Waals surface area contributed by atoms with Crippen LogP contribution >= 0.6 is 11.3 Å². The summed E-state index contributed by atoms with van der Waals surface area (Å²) in [5.41, 5.74) is 1.88. The maximum absolute atomic E-state index is 13.6. The predicted octanol–water partition coefficient (Wildman–Crippen LogP) is 4.86. The van der Waals surface area contributed by atoms with Gasteiger partial charge in [-0.2, -0.15) is 0 Å². The second kappa shape index (κ2) is 8.71. The fourth-order valence-corrected chi connectivity index (χ4v) is 8.99. The number of benzene rings is 1. The van der Waals surface area contributed by atoms with Crippen LogP contribution < -0.4 is 5.32 Å². The summed E-state index contributed by atoms with van der Waals surface area (Å²) in [4.78, 5) is 29.9. The highest BCUT2D eigenvalue weighted by Crippen LogP contribution is 2.62. The Hall–Kier alpha value is -2.22. The molecule has 7 rings (SSSR count). The van der Waals surface area contributed by atoms with E-state index in [4.69, 9.17) is 4.74 Å². The molecule has 186 valence electrons. The zero-order chi connectivity index (χ0) is 24.2. The normalized spacial score (nSPS) is 31.5. The molecule has 0 spiro atoms. The molecule has 1 aromatic heterocycles. The molecule has 2 N–H and O–H groups in total. The van der Waals surface area contributed by atoms with Crippen molar-refractivity contribution >= 4 is 28.2 Å². The molecule has 4 aliphatic carbocycles. The molecule has 1 saturated heterocycles. The molecule has 0 radical (unpaired) electrons. The van der Waals surface area contributed by atoms with Gasteiger partial charge in [-0.15, -0.1) is 11.3 Å². The van der Waals surface area contributed by atoms with Crippen molar-refractivity contribution < 1.29 is 19.4 Å². The SMILES string of the molecule is Cc1c(-c2ccccc2)sc(NC(=O)CC23CC4CC(CC(O)(C4)C2)C3)c1C(=O)N1CCOCC1. The Bertz CT molecular complexity index is 1120. The van der Waals surface area contributed by atoms with E-state index in [9.17, 15) is 14.7 Å². The molecule has 2 amide bonds. The first-order valence-corrected chi connectivity index (χ1v) is 13.7. The second-order valence-electron chi connectivity index (χ2n) is 11.4. The number of aliphatic hydroxyl groups is 1. The van der Waals surface area contributed by atoms with Crippen molar-refractivity contribution in [1.82, 2.24) is 4.90 Å². The number of morpholine rings is 1. The summed E-state index contributed by atoms with van der Waals surface area (Å²) in [7, 11) is 0. The van der Waals surface area contributed by atoms with E-state index in [0.29, 0.717) is 55.1 Å². The molecule has 2 aromatic rings. The number of thiophene rings is 1. The van der Waals surface area contributed by atoms with E-state index >= 15 is 0 Å². The van der Waals surface area contributed by atoms with Crippen LogP contribution in [0.4, 0.5) is 5.00 Å². The van der Waals surface area contributed by atoms with Gasteiger partial charge in [0.15, 0.2) is 0 Å². The Morgan fingerprint density at radius 3 is 2.46 bits per heavy atom. The lowest BCUT2D eigenvalue weighted by Gasteiger charge is -2.60. The number of anilines is 1. The number of nitrogens with one attached hydrogen (secondary N) is 1. The van der Waals surface area contributed by atoms with Crippen LogP contribution in [0.2, 0.25) is 0 Å². The maximum atomic E-state index is 13.6. The van der Waals surface area contributed by atoms with Crippen molar-refractivity contribution in [2.45, 2.75) is 57.5 Å². The van der Waals surface area contributed by atoms with Crippen molar-refractivity contribution in [2.75, 3.05) is 31.6 Å². The number of carbonyl (C=O) groups is 2. The Kier molecular flexibility index (Phi) is 5.78. The molecule has 35 heavy (non-hydrogen) atoms. The largest absolute Gasteiger partial charge is 0.390 e. The van der Waals surface area contributed by atoms with Crippen LogP contribution in [0.5, 0.6) is 0 Å². The molecule has 1 aromatic carbocycles. The van der Waals surface area contributed by atoms with Crippen LogP contribution in [-0.2, 0) is 9.53 Å². The molecule has 4 bridgehead atoms. The molecule has 6 nitrogen and oxygen atoms in total. The lowest BCUT2D eigenvalue weighted by molar-refractivity contribution is -0.167. The fraction of sp³-hybridized carbons (Fsp3) is 0.571. The first-order valence-electron chi connectivity index (χ1n) is 12.9. The average Bonchev–Trinajstić information content (AvgIpc) is 3.13.